The third-order valence-electron chi connectivity index (χ3n) is 3.17. The number of aromatic nitrogens is 1. The highest BCUT2D eigenvalue weighted by molar-refractivity contribution is 5.90. The van der Waals surface area contributed by atoms with Gasteiger partial charge in [0, 0.05) is 24.9 Å². The Labute approximate surface area is 100 Å². The van der Waals surface area contributed by atoms with Crippen molar-refractivity contribution in [2.75, 3.05) is 6.61 Å². The van der Waals surface area contributed by atoms with E-state index in [9.17, 15) is 4.79 Å². The van der Waals surface area contributed by atoms with Crippen molar-refractivity contribution >= 4 is 5.78 Å². The molecule has 17 heavy (non-hydrogen) atoms. The number of nitriles is 1. The van der Waals surface area contributed by atoms with Crippen molar-refractivity contribution < 1.29 is 9.53 Å². The molecule has 88 valence electrons. The van der Waals surface area contributed by atoms with E-state index in [2.05, 4.69) is 11.1 Å². The van der Waals surface area contributed by atoms with Gasteiger partial charge in [0.2, 0.25) is 0 Å². The molecule has 3 atom stereocenters. The van der Waals surface area contributed by atoms with Gasteiger partial charge in [0.15, 0.2) is 5.78 Å². The Morgan fingerprint density at radius 2 is 2.53 bits per heavy atom. The minimum absolute atomic E-state index is 0.0505. The first kappa shape index (κ1) is 11.7. The number of rotatable bonds is 3. The van der Waals surface area contributed by atoms with Crippen molar-refractivity contribution in [3.05, 3.63) is 30.1 Å². The predicted octanol–water partition coefficient (Wildman–Crippen LogP) is 1.68. The van der Waals surface area contributed by atoms with E-state index in [0.717, 1.165) is 0 Å². The van der Waals surface area contributed by atoms with Gasteiger partial charge in [-0.1, -0.05) is 6.07 Å². The smallest absolute Gasteiger partial charge is 0.160 e. The van der Waals surface area contributed by atoms with Crippen LogP contribution in [0.25, 0.3) is 0 Å². The summed E-state index contributed by atoms with van der Waals surface area (Å²) in [6.07, 6.45) is 3.82. The van der Waals surface area contributed by atoms with Crippen LogP contribution in [0.1, 0.15) is 24.8 Å². The maximum absolute atomic E-state index is 12.3. The van der Waals surface area contributed by atoms with Crippen LogP contribution in [0.15, 0.2) is 24.5 Å². The number of carbonyl (C=O) groups excluding carboxylic acids is 1. The van der Waals surface area contributed by atoms with Gasteiger partial charge in [0.05, 0.1) is 12.2 Å². The zero-order valence-electron chi connectivity index (χ0n) is 9.67. The van der Waals surface area contributed by atoms with Crippen LogP contribution < -0.4 is 0 Å². The largest absolute Gasteiger partial charge is 0.378 e. The number of pyridine rings is 1. The average molecular weight is 230 g/mol. The van der Waals surface area contributed by atoms with Crippen molar-refractivity contribution in [1.29, 1.82) is 5.26 Å². The van der Waals surface area contributed by atoms with E-state index in [-0.39, 0.29) is 17.8 Å². The quantitative estimate of drug-likeness (QED) is 0.792. The van der Waals surface area contributed by atoms with Gasteiger partial charge < -0.3 is 4.74 Å². The van der Waals surface area contributed by atoms with Crippen molar-refractivity contribution in [3.63, 3.8) is 0 Å². The lowest BCUT2D eigenvalue weighted by atomic mass is 9.86. The summed E-state index contributed by atoms with van der Waals surface area (Å²) in [5.41, 5.74) is 0.666. The Kier molecular flexibility index (Phi) is 3.50. The van der Waals surface area contributed by atoms with Gasteiger partial charge in [-0.25, -0.2) is 0 Å². The molecule has 2 heterocycles. The Morgan fingerprint density at radius 3 is 3.06 bits per heavy atom. The molecule has 0 amide bonds. The van der Waals surface area contributed by atoms with E-state index in [0.29, 0.717) is 18.6 Å². The average Bonchev–Trinajstić information content (AvgIpc) is 2.77. The molecule has 1 fully saturated rings. The summed E-state index contributed by atoms with van der Waals surface area (Å²) in [4.78, 5) is 16.2. The molecule has 1 saturated heterocycles. The van der Waals surface area contributed by atoms with Crippen molar-refractivity contribution in [2.45, 2.75) is 25.4 Å². The molecule has 0 aromatic carbocycles. The topological polar surface area (TPSA) is 63.0 Å². The third-order valence-corrected chi connectivity index (χ3v) is 3.17. The summed E-state index contributed by atoms with van der Waals surface area (Å²) in [7, 11) is 0. The van der Waals surface area contributed by atoms with E-state index >= 15 is 0 Å². The number of hydrogen-bond acceptors (Lipinski definition) is 4. The van der Waals surface area contributed by atoms with Gasteiger partial charge in [0.1, 0.15) is 5.92 Å². The van der Waals surface area contributed by atoms with Crippen molar-refractivity contribution in [3.8, 4) is 6.07 Å². The standard InChI is InChI=1S/C13H14N2O2/c1-9-11(4-6-17-9)13(16)12(7-14)10-3-2-5-15-8-10/h2-3,5,8-9,11-12H,4,6H2,1H3. The normalized spacial score (nSPS) is 25.2. The summed E-state index contributed by atoms with van der Waals surface area (Å²) in [6, 6.07) is 5.57. The van der Waals surface area contributed by atoms with Crippen LogP contribution in [0, 0.1) is 17.2 Å². The van der Waals surface area contributed by atoms with Crippen LogP contribution >= 0.6 is 0 Å². The van der Waals surface area contributed by atoms with Crippen LogP contribution in [-0.4, -0.2) is 23.5 Å². The predicted molar refractivity (Wildman–Crippen MR) is 61.1 cm³/mol. The maximum atomic E-state index is 12.3. The highest BCUT2D eigenvalue weighted by atomic mass is 16.5. The molecule has 0 aliphatic carbocycles. The van der Waals surface area contributed by atoms with Crippen LogP contribution in [0.5, 0.6) is 0 Å². The molecule has 4 heteroatoms. The van der Waals surface area contributed by atoms with E-state index in [4.69, 9.17) is 10.00 Å². The lowest BCUT2D eigenvalue weighted by Gasteiger charge is -2.16. The highest BCUT2D eigenvalue weighted by Crippen LogP contribution is 2.28. The molecule has 2 rings (SSSR count). The van der Waals surface area contributed by atoms with Crippen LogP contribution in [-0.2, 0) is 9.53 Å². The summed E-state index contributed by atoms with van der Waals surface area (Å²) < 4.78 is 5.37. The SMILES string of the molecule is CC1OCCC1C(=O)C(C#N)c1cccnc1. The van der Waals surface area contributed by atoms with Crippen molar-refractivity contribution in [2.24, 2.45) is 5.92 Å². The van der Waals surface area contributed by atoms with E-state index in [1.165, 1.54) is 0 Å². The van der Waals surface area contributed by atoms with Crippen molar-refractivity contribution in [1.82, 2.24) is 4.98 Å². The minimum Gasteiger partial charge on any atom is -0.378 e. The first-order valence-electron chi connectivity index (χ1n) is 5.69. The van der Waals surface area contributed by atoms with E-state index < -0.39 is 5.92 Å². The zero-order valence-corrected chi connectivity index (χ0v) is 9.67. The monoisotopic (exact) mass is 230 g/mol. The molecule has 4 nitrogen and oxygen atoms in total. The van der Waals surface area contributed by atoms with Gasteiger partial charge in [-0.2, -0.15) is 5.26 Å². The molecular formula is C13H14N2O2. The molecule has 1 aliphatic heterocycles. The first-order valence-corrected chi connectivity index (χ1v) is 5.69. The Bertz CT molecular complexity index is 438. The molecule has 0 radical (unpaired) electrons. The molecule has 1 aromatic heterocycles. The Morgan fingerprint density at radius 1 is 1.71 bits per heavy atom. The fourth-order valence-electron chi connectivity index (χ4n) is 2.17. The van der Waals surface area contributed by atoms with E-state index in [1.54, 1.807) is 24.5 Å². The number of Topliss-reactive ketones (excluding diaryl/α,β-unsaturated/α-hetero) is 1. The maximum Gasteiger partial charge on any atom is 0.160 e. The summed E-state index contributed by atoms with van der Waals surface area (Å²) in [5.74, 6) is -0.941. The van der Waals surface area contributed by atoms with Crippen LogP contribution in [0.2, 0.25) is 0 Å². The van der Waals surface area contributed by atoms with Crippen LogP contribution in [0.4, 0.5) is 0 Å². The molecular weight excluding hydrogens is 216 g/mol. The fraction of sp³-hybridized carbons (Fsp3) is 0.462. The summed E-state index contributed by atoms with van der Waals surface area (Å²) in [6.45, 7) is 2.48. The number of ketones is 1. The summed E-state index contributed by atoms with van der Waals surface area (Å²) >= 11 is 0. The molecule has 0 N–H and O–H groups in total. The number of ether oxygens (including phenoxy) is 1. The lowest BCUT2D eigenvalue weighted by Crippen LogP contribution is -2.26. The lowest BCUT2D eigenvalue weighted by molar-refractivity contribution is -0.124. The van der Waals surface area contributed by atoms with E-state index in [1.807, 2.05) is 6.92 Å². The van der Waals surface area contributed by atoms with Gasteiger partial charge >= 0.3 is 0 Å². The second kappa shape index (κ2) is 5.07. The van der Waals surface area contributed by atoms with Gasteiger partial charge in [0.25, 0.3) is 0 Å². The molecule has 0 spiro atoms. The van der Waals surface area contributed by atoms with Crippen LogP contribution in [0.3, 0.4) is 0 Å². The van der Waals surface area contributed by atoms with Gasteiger partial charge in [-0.3, -0.25) is 9.78 Å². The Balaban J connectivity index is 2.20. The second-order valence-corrected chi connectivity index (χ2v) is 4.22. The zero-order chi connectivity index (χ0) is 12.3. The molecule has 3 unspecified atom stereocenters. The number of hydrogen-bond donors (Lipinski definition) is 0. The number of carbonyl (C=O) groups is 1. The second-order valence-electron chi connectivity index (χ2n) is 4.22. The van der Waals surface area contributed by atoms with Gasteiger partial charge in [-0.05, 0) is 25.0 Å². The number of nitrogens with zero attached hydrogens (tertiary/aromatic N) is 2. The fourth-order valence-corrected chi connectivity index (χ4v) is 2.17. The molecule has 1 aliphatic rings. The third kappa shape index (κ3) is 2.34. The molecule has 1 aromatic rings. The highest BCUT2D eigenvalue weighted by Gasteiger charge is 2.35. The first-order chi connectivity index (χ1) is 8.24. The Hall–Kier alpha value is -1.73. The van der Waals surface area contributed by atoms with Gasteiger partial charge in [-0.15, -0.1) is 0 Å². The molecule has 0 bridgehead atoms. The minimum atomic E-state index is -0.724. The molecule has 0 saturated carbocycles. The summed E-state index contributed by atoms with van der Waals surface area (Å²) in [5, 5.41) is 9.16.